The molecule has 2 aromatic rings. The zero-order valence-corrected chi connectivity index (χ0v) is 16.7. The maximum absolute atomic E-state index is 13.1. The Morgan fingerprint density at radius 3 is 2.47 bits per heavy atom. The molecule has 30 heavy (non-hydrogen) atoms. The maximum atomic E-state index is 13.1. The highest BCUT2D eigenvalue weighted by Gasteiger charge is 2.33. The zero-order chi connectivity index (χ0) is 21.7. The number of amides is 2. The number of para-hydroxylation sites is 1. The van der Waals surface area contributed by atoms with E-state index >= 15 is 0 Å². The second-order valence-electron chi connectivity index (χ2n) is 7.61. The molecule has 0 saturated heterocycles. The lowest BCUT2D eigenvalue weighted by Crippen LogP contribution is -3.11. The summed E-state index contributed by atoms with van der Waals surface area (Å²) in [5.41, 5.74) is 1.17. The third-order valence-corrected chi connectivity index (χ3v) is 5.14. The van der Waals surface area contributed by atoms with Crippen molar-refractivity contribution in [2.75, 3.05) is 25.5 Å². The SMILES string of the molecule is C[NH+](CC(=O)Nc1ccccc1C(F)(F)F)CC(=O)N[C@H]1CCCc2ccccc21. The summed E-state index contributed by atoms with van der Waals surface area (Å²) in [6.07, 6.45) is -1.71. The van der Waals surface area contributed by atoms with Gasteiger partial charge in [-0.15, -0.1) is 0 Å². The molecule has 0 aliphatic heterocycles. The van der Waals surface area contributed by atoms with Crippen LogP contribution in [0.1, 0.15) is 35.6 Å². The number of nitrogens with one attached hydrogen (secondary N) is 3. The first-order valence-corrected chi connectivity index (χ1v) is 9.88. The van der Waals surface area contributed by atoms with Crippen LogP contribution in [-0.2, 0) is 22.2 Å². The van der Waals surface area contributed by atoms with E-state index < -0.39 is 17.6 Å². The summed E-state index contributed by atoms with van der Waals surface area (Å²) in [5.74, 6) is -0.780. The molecular formula is C22H25F3N3O2+. The Labute approximate surface area is 173 Å². The van der Waals surface area contributed by atoms with E-state index in [0.717, 1.165) is 30.9 Å². The summed E-state index contributed by atoms with van der Waals surface area (Å²) in [5, 5.41) is 5.32. The van der Waals surface area contributed by atoms with Gasteiger partial charge in [-0.05, 0) is 42.5 Å². The minimum Gasteiger partial charge on any atom is -0.344 e. The van der Waals surface area contributed by atoms with E-state index in [1.807, 2.05) is 18.2 Å². The smallest absolute Gasteiger partial charge is 0.344 e. The Kier molecular flexibility index (Phi) is 6.77. The van der Waals surface area contributed by atoms with Crippen molar-refractivity contribution in [1.82, 2.24) is 5.32 Å². The van der Waals surface area contributed by atoms with Crippen molar-refractivity contribution in [2.24, 2.45) is 0 Å². The molecule has 1 unspecified atom stereocenters. The van der Waals surface area contributed by atoms with Gasteiger partial charge in [-0.3, -0.25) is 9.59 Å². The van der Waals surface area contributed by atoms with Gasteiger partial charge in [-0.25, -0.2) is 0 Å². The molecule has 0 spiro atoms. The number of carbonyl (C=O) groups is 2. The molecule has 0 radical (unpaired) electrons. The lowest BCUT2D eigenvalue weighted by atomic mass is 9.88. The van der Waals surface area contributed by atoms with Gasteiger partial charge in [0, 0.05) is 0 Å². The molecule has 0 saturated carbocycles. The van der Waals surface area contributed by atoms with E-state index in [1.165, 1.54) is 23.8 Å². The van der Waals surface area contributed by atoms with Gasteiger partial charge in [-0.2, -0.15) is 13.2 Å². The fourth-order valence-corrected chi connectivity index (χ4v) is 3.79. The molecule has 2 atom stereocenters. The van der Waals surface area contributed by atoms with Crippen molar-refractivity contribution >= 4 is 17.5 Å². The van der Waals surface area contributed by atoms with Gasteiger partial charge in [0.25, 0.3) is 11.8 Å². The number of likely N-dealkylation sites (N-methyl/N-ethyl adjacent to an activating group) is 1. The molecule has 5 nitrogen and oxygen atoms in total. The average molecular weight is 420 g/mol. The number of fused-ring (bicyclic) bond motifs is 1. The van der Waals surface area contributed by atoms with Gasteiger partial charge in [-0.1, -0.05) is 36.4 Å². The van der Waals surface area contributed by atoms with Crippen molar-refractivity contribution in [3.63, 3.8) is 0 Å². The second-order valence-corrected chi connectivity index (χ2v) is 7.61. The number of alkyl halides is 3. The fourth-order valence-electron chi connectivity index (χ4n) is 3.79. The van der Waals surface area contributed by atoms with E-state index in [1.54, 1.807) is 7.05 Å². The Hall–Kier alpha value is -2.87. The second kappa shape index (κ2) is 9.30. The van der Waals surface area contributed by atoms with Crippen LogP contribution in [0, 0.1) is 0 Å². The number of benzene rings is 2. The Bertz CT molecular complexity index is 914. The molecule has 1 aliphatic carbocycles. The highest BCUT2D eigenvalue weighted by atomic mass is 19.4. The van der Waals surface area contributed by atoms with Crippen molar-refractivity contribution in [3.8, 4) is 0 Å². The number of hydrogen-bond donors (Lipinski definition) is 3. The highest BCUT2D eigenvalue weighted by Crippen LogP contribution is 2.34. The minimum atomic E-state index is -4.56. The summed E-state index contributed by atoms with van der Waals surface area (Å²) in [6.45, 7) is -0.0755. The first kappa shape index (κ1) is 21.8. The van der Waals surface area contributed by atoms with Crippen molar-refractivity contribution < 1.29 is 27.7 Å². The van der Waals surface area contributed by atoms with Gasteiger partial charge in [0.1, 0.15) is 0 Å². The Morgan fingerprint density at radius 2 is 1.70 bits per heavy atom. The van der Waals surface area contributed by atoms with Crippen LogP contribution < -0.4 is 15.5 Å². The first-order valence-electron chi connectivity index (χ1n) is 9.88. The molecule has 0 bridgehead atoms. The third kappa shape index (κ3) is 5.60. The van der Waals surface area contributed by atoms with E-state index in [0.29, 0.717) is 4.90 Å². The minimum absolute atomic E-state index is 0.0486. The molecular weight excluding hydrogens is 395 g/mol. The quantitative estimate of drug-likeness (QED) is 0.672. The molecule has 8 heteroatoms. The standard InChI is InChI=1S/C22H24F3N3O2/c1-28(14-21(30)27-19-11-5-4-10-17(19)22(23,24)25)13-20(29)26-18-12-6-8-15-7-2-3-9-16(15)18/h2-5,7,9-11,18H,6,8,12-14H2,1H3,(H,26,29)(H,27,30)/p+1/t18-/m0/s1. The van der Waals surface area contributed by atoms with Gasteiger partial charge < -0.3 is 15.5 Å². The largest absolute Gasteiger partial charge is 0.418 e. The van der Waals surface area contributed by atoms with Gasteiger partial charge in [0.2, 0.25) is 0 Å². The van der Waals surface area contributed by atoms with Gasteiger partial charge in [0.05, 0.1) is 24.3 Å². The van der Waals surface area contributed by atoms with Crippen LogP contribution in [-0.4, -0.2) is 32.0 Å². The monoisotopic (exact) mass is 420 g/mol. The van der Waals surface area contributed by atoms with Crippen LogP contribution in [0.5, 0.6) is 0 Å². The molecule has 2 amide bonds. The number of aryl methyl sites for hydroxylation is 1. The van der Waals surface area contributed by atoms with Gasteiger partial charge >= 0.3 is 6.18 Å². The number of quaternary nitrogens is 1. The Morgan fingerprint density at radius 1 is 1.03 bits per heavy atom. The molecule has 0 fully saturated rings. The number of carbonyl (C=O) groups excluding carboxylic acids is 2. The van der Waals surface area contributed by atoms with E-state index in [2.05, 4.69) is 16.7 Å². The normalized spacial score (nSPS) is 17.0. The zero-order valence-electron chi connectivity index (χ0n) is 16.7. The van der Waals surface area contributed by atoms with Crippen LogP contribution in [0.3, 0.4) is 0 Å². The van der Waals surface area contributed by atoms with Crippen LogP contribution in [0.2, 0.25) is 0 Å². The summed E-state index contributed by atoms with van der Waals surface area (Å²) in [4.78, 5) is 25.2. The molecule has 3 rings (SSSR count). The summed E-state index contributed by atoms with van der Waals surface area (Å²) >= 11 is 0. The van der Waals surface area contributed by atoms with Crippen LogP contribution in [0.25, 0.3) is 0 Å². The fraction of sp³-hybridized carbons (Fsp3) is 0.364. The molecule has 0 heterocycles. The predicted octanol–water partition coefficient (Wildman–Crippen LogP) is 2.35. The van der Waals surface area contributed by atoms with Crippen LogP contribution in [0.4, 0.5) is 18.9 Å². The van der Waals surface area contributed by atoms with Crippen LogP contribution >= 0.6 is 0 Å². The van der Waals surface area contributed by atoms with E-state index in [9.17, 15) is 22.8 Å². The number of anilines is 1. The van der Waals surface area contributed by atoms with Gasteiger partial charge in [0.15, 0.2) is 13.1 Å². The lowest BCUT2D eigenvalue weighted by Gasteiger charge is -2.26. The van der Waals surface area contributed by atoms with Crippen LogP contribution in [0.15, 0.2) is 48.5 Å². The average Bonchev–Trinajstić information content (AvgIpc) is 2.67. The summed E-state index contributed by atoms with van der Waals surface area (Å²) in [7, 11) is 1.66. The van der Waals surface area contributed by atoms with E-state index in [-0.39, 0.29) is 30.7 Å². The first-order chi connectivity index (χ1) is 14.2. The number of halogens is 3. The summed E-state index contributed by atoms with van der Waals surface area (Å²) in [6, 6.07) is 12.8. The number of hydrogen-bond acceptors (Lipinski definition) is 2. The Balaban J connectivity index is 1.53. The molecule has 0 aromatic heterocycles. The molecule has 1 aliphatic rings. The molecule has 160 valence electrons. The predicted molar refractivity (Wildman–Crippen MR) is 107 cm³/mol. The molecule has 3 N–H and O–H groups in total. The maximum Gasteiger partial charge on any atom is 0.418 e. The van der Waals surface area contributed by atoms with Crippen molar-refractivity contribution in [2.45, 2.75) is 31.5 Å². The van der Waals surface area contributed by atoms with Crippen molar-refractivity contribution in [1.29, 1.82) is 0 Å². The highest BCUT2D eigenvalue weighted by molar-refractivity contribution is 5.92. The van der Waals surface area contributed by atoms with Crippen molar-refractivity contribution in [3.05, 3.63) is 65.2 Å². The number of rotatable bonds is 6. The lowest BCUT2D eigenvalue weighted by molar-refractivity contribution is -0.862. The molecule has 2 aromatic carbocycles. The summed E-state index contributed by atoms with van der Waals surface area (Å²) < 4.78 is 39.2. The topological polar surface area (TPSA) is 62.6 Å². The van der Waals surface area contributed by atoms with E-state index in [4.69, 9.17) is 0 Å². The third-order valence-electron chi connectivity index (χ3n) is 5.14.